The van der Waals surface area contributed by atoms with Crippen LogP contribution in [0.25, 0.3) is 0 Å². The predicted molar refractivity (Wildman–Crippen MR) is 80.5 cm³/mol. The minimum atomic E-state index is -0.221. The molecule has 0 spiro atoms. The van der Waals surface area contributed by atoms with Gasteiger partial charge in [-0.05, 0) is 56.0 Å². The van der Waals surface area contributed by atoms with E-state index < -0.39 is 0 Å². The normalized spacial score (nSPS) is 28.6. The van der Waals surface area contributed by atoms with Crippen molar-refractivity contribution in [2.45, 2.75) is 38.1 Å². The van der Waals surface area contributed by atoms with Gasteiger partial charge in [0.1, 0.15) is 5.82 Å². The summed E-state index contributed by atoms with van der Waals surface area (Å²) in [5.74, 6) is 0.289. The second-order valence-corrected chi connectivity index (χ2v) is 6.17. The number of hydrogen-bond acceptors (Lipinski definition) is 2. The lowest BCUT2D eigenvalue weighted by atomic mass is 10.1. The van der Waals surface area contributed by atoms with Crippen LogP contribution in [0.1, 0.15) is 37.7 Å². The Balaban J connectivity index is 1.48. The number of carbonyl (C=O) groups excluding carboxylic acids is 1. The molecule has 0 bridgehead atoms. The second kappa shape index (κ2) is 6.14. The molecule has 2 fully saturated rings. The van der Waals surface area contributed by atoms with E-state index in [9.17, 15) is 9.18 Å². The largest absolute Gasteiger partial charge is 0.354 e. The Kier molecular flexibility index (Phi) is 4.24. The van der Waals surface area contributed by atoms with Gasteiger partial charge in [-0.25, -0.2) is 4.39 Å². The Morgan fingerprint density at radius 3 is 2.86 bits per heavy atom. The number of nitrogens with zero attached hydrogens (tertiary/aromatic N) is 1. The summed E-state index contributed by atoms with van der Waals surface area (Å²) >= 11 is 0. The zero-order valence-electron chi connectivity index (χ0n) is 12.5. The molecule has 1 heterocycles. The van der Waals surface area contributed by atoms with E-state index in [0.29, 0.717) is 6.04 Å². The summed E-state index contributed by atoms with van der Waals surface area (Å²) in [6, 6.07) is 7.04. The van der Waals surface area contributed by atoms with Crippen molar-refractivity contribution in [3.05, 3.63) is 35.6 Å². The van der Waals surface area contributed by atoms with Gasteiger partial charge in [0.15, 0.2) is 0 Å². The van der Waals surface area contributed by atoms with Crippen LogP contribution < -0.4 is 5.32 Å². The number of amides is 1. The lowest BCUT2D eigenvalue weighted by Crippen LogP contribution is -2.40. The molecule has 4 heteroatoms. The smallest absolute Gasteiger partial charge is 0.223 e. The monoisotopic (exact) mass is 290 g/mol. The van der Waals surface area contributed by atoms with Gasteiger partial charge in [-0.15, -0.1) is 0 Å². The average molecular weight is 290 g/mol. The van der Waals surface area contributed by atoms with Gasteiger partial charge in [-0.2, -0.15) is 0 Å². The topological polar surface area (TPSA) is 32.3 Å². The summed E-state index contributed by atoms with van der Waals surface area (Å²) in [6.07, 6.45) is 3.30. The highest BCUT2D eigenvalue weighted by molar-refractivity contribution is 5.82. The fourth-order valence-electron chi connectivity index (χ4n) is 3.46. The summed E-state index contributed by atoms with van der Waals surface area (Å²) in [4.78, 5) is 14.6. The van der Waals surface area contributed by atoms with Crippen LogP contribution in [0.5, 0.6) is 0 Å². The predicted octanol–water partition coefficient (Wildman–Crippen LogP) is 2.53. The average Bonchev–Trinajstić information content (AvgIpc) is 3.16. The van der Waals surface area contributed by atoms with E-state index in [1.165, 1.54) is 25.0 Å². The van der Waals surface area contributed by atoms with E-state index >= 15 is 0 Å². The Bertz CT molecular complexity index is 502. The zero-order chi connectivity index (χ0) is 14.8. The maximum absolute atomic E-state index is 12.9. The molecule has 1 aliphatic carbocycles. The van der Waals surface area contributed by atoms with Gasteiger partial charge < -0.3 is 5.32 Å². The molecule has 0 unspecified atom stereocenters. The quantitative estimate of drug-likeness (QED) is 0.904. The molecule has 0 aromatic heterocycles. The van der Waals surface area contributed by atoms with Crippen molar-refractivity contribution in [3.8, 4) is 0 Å². The molecule has 1 amide bonds. The highest BCUT2D eigenvalue weighted by Gasteiger charge is 2.44. The van der Waals surface area contributed by atoms with Crippen molar-refractivity contribution in [1.29, 1.82) is 0 Å². The lowest BCUT2D eigenvalue weighted by Gasteiger charge is -2.22. The van der Waals surface area contributed by atoms with Crippen molar-refractivity contribution in [1.82, 2.24) is 10.2 Å². The van der Waals surface area contributed by atoms with Crippen LogP contribution >= 0.6 is 0 Å². The van der Waals surface area contributed by atoms with Crippen molar-refractivity contribution in [2.24, 2.45) is 5.92 Å². The molecule has 1 aliphatic heterocycles. The van der Waals surface area contributed by atoms with Crippen molar-refractivity contribution in [3.63, 3.8) is 0 Å². The molecule has 2 aliphatic rings. The van der Waals surface area contributed by atoms with E-state index in [-0.39, 0.29) is 23.6 Å². The number of likely N-dealkylation sites (tertiary alicyclic amines) is 1. The first-order chi connectivity index (χ1) is 10.2. The summed E-state index contributed by atoms with van der Waals surface area (Å²) in [5, 5.41) is 3.11. The molecule has 3 rings (SSSR count). The maximum atomic E-state index is 12.9. The van der Waals surface area contributed by atoms with Gasteiger partial charge in [-0.1, -0.05) is 19.1 Å². The number of halogens is 1. The van der Waals surface area contributed by atoms with Crippen LogP contribution in [-0.4, -0.2) is 36.5 Å². The van der Waals surface area contributed by atoms with Gasteiger partial charge in [-0.3, -0.25) is 9.69 Å². The van der Waals surface area contributed by atoms with Crippen LogP contribution in [0.2, 0.25) is 0 Å². The zero-order valence-corrected chi connectivity index (χ0v) is 12.5. The Morgan fingerprint density at radius 2 is 2.14 bits per heavy atom. The Labute approximate surface area is 125 Å². The number of rotatable bonds is 5. The first-order valence-electron chi connectivity index (χ1n) is 7.96. The van der Waals surface area contributed by atoms with Crippen LogP contribution in [-0.2, 0) is 4.79 Å². The molecule has 1 saturated heterocycles. The number of likely N-dealkylation sites (N-methyl/N-ethyl adjacent to an activating group) is 1. The summed E-state index contributed by atoms with van der Waals surface area (Å²) in [6.45, 7) is 5.14. The highest BCUT2D eigenvalue weighted by atomic mass is 19.1. The van der Waals surface area contributed by atoms with Gasteiger partial charge in [0.2, 0.25) is 5.91 Å². The molecule has 3 nitrogen and oxygen atoms in total. The second-order valence-electron chi connectivity index (χ2n) is 6.17. The third-order valence-electron chi connectivity index (χ3n) is 4.84. The van der Waals surface area contributed by atoms with E-state index in [0.717, 1.165) is 31.6 Å². The molecule has 1 N–H and O–H groups in total. The fourth-order valence-corrected chi connectivity index (χ4v) is 3.46. The SMILES string of the molecule is CCN1CCC[C@@H]1CNC(=O)[C@H]1C[C@H]1c1ccc(F)cc1. The summed E-state index contributed by atoms with van der Waals surface area (Å²) in [5.41, 5.74) is 1.08. The number of carbonyl (C=O) groups is 1. The molecule has 1 aromatic carbocycles. The van der Waals surface area contributed by atoms with Crippen LogP contribution in [0, 0.1) is 11.7 Å². The van der Waals surface area contributed by atoms with E-state index in [4.69, 9.17) is 0 Å². The highest BCUT2D eigenvalue weighted by Crippen LogP contribution is 2.47. The van der Waals surface area contributed by atoms with Crippen LogP contribution in [0.4, 0.5) is 4.39 Å². The van der Waals surface area contributed by atoms with Crippen molar-refractivity contribution >= 4 is 5.91 Å². The van der Waals surface area contributed by atoms with Gasteiger partial charge >= 0.3 is 0 Å². The fraction of sp³-hybridized carbons (Fsp3) is 0.588. The number of nitrogens with one attached hydrogen (secondary N) is 1. The van der Waals surface area contributed by atoms with Crippen LogP contribution in [0.3, 0.4) is 0 Å². The van der Waals surface area contributed by atoms with Crippen molar-refractivity contribution in [2.75, 3.05) is 19.6 Å². The number of benzene rings is 1. The van der Waals surface area contributed by atoms with E-state index in [2.05, 4.69) is 17.1 Å². The summed E-state index contributed by atoms with van der Waals surface area (Å²) < 4.78 is 12.9. The standard InChI is InChI=1S/C17H23FN2O/c1-2-20-9-3-4-14(20)11-19-17(21)16-10-15(16)12-5-7-13(18)8-6-12/h5-8,14-16H,2-4,9-11H2,1H3,(H,19,21)/t14-,15+,16+/m1/s1. The molecular formula is C17H23FN2O. The molecule has 1 saturated carbocycles. The Morgan fingerprint density at radius 1 is 1.38 bits per heavy atom. The molecular weight excluding hydrogens is 267 g/mol. The molecule has 3 atom stereocenters. The minimum Gasteiger partial charge on any atom is -0.354 e. The first-order valence-corrected chi connectivity index (χ1v) is 7.96. The minimum absolute atomic E-state index is 0.0759. The van der Waals surface area contributed by atoms with E-state index in [1.807, 2.05) is 0 Å². The lowest BCUT2D eigenvalue weighted by molar-refractivity contribution is -0.122. The Hall–Kier alpha value is -1.42. The van der Waals surface area contributed by atoms with Gasteiger partial charge in [0.25, 0.3) is 0 Å². The van der Waals surface area contributed by atoms with Gasteiger partial charge in [0, 0.05) is 18.5 Å². The van der Waals surface area contributed by atoms with Crippen molar-refractivity contribution < 1.29 is 9.18 Å². The third-order valence-corrected chi connectivity index (χ3v) is 4.84. The third kappa shape index (κ3) is 3.26. The van der Waals surface area contributed by atoms with Crippen LogP contribution in [0.15, 0.2) is 24.3 Å². The van der Waals surface area contributed by atoms with E-state index in [1.54, 1.807) is 12.1 Å². The van der Waals surface area contributed by atoms with Gasteiger partial charge in [0.05, 0.1) is 0 Å². The first kappa shape index (κ1) is 14.5. The summed E-state index contributed by atoms with van der Waals surface area (Å²) in [7, 11) is 0. The maximum Gasteiger partial charge on any atom is 0.223 e. The number of hydrogen-bond donors (Lipinski definition) is 1. The molecule has 114 valence electrons. The molecule has 21 heavy (non-hydrogen) atoms. The molecule has 0 radical (unpaired) electrons. The molecule has 1 aromatic rings.